The molecule has 0 aromatic heterocycles. The van der Waals surface area contributed by atoms with Gasteiger partial charge in [0.25, 0.3) is 10.2 Å². The van der Waals surface area contributed by atoms with Gasteiger partial charge in [-0.25, -0.2) is 0 Å². The second-order valence-electron chi connectivity index (χ2n) is 4.21. The highest BCUT2D eigenvalue weighted by atomic mass is 79.9. The van der Waals surface area contributed by atoms with Gasteiger partial charge < -0.3 is 5.73 Å². The monoisotopic (exact) mass is 319 g/mol. The van der Waals surface area contributed by atoms with Crippen LogP contribution >= 0.6 is 15.9 Å². The maximum absolute atomic E-state index is 11.7. The van der Waals surface area contributed by atoms with Gasteiger partial charge in [-0.2, -0.15) is 13.1 Å². The summed E-state index contributed by atoms with van der Waals surface area (Å²) >= 11 is 3.30. The van der Waals surface area contributed by atoms with E-state index in [9.17, 15) is 8.42 Å². The largest absolute Gasteiger partial charge is 0.397 e. The second-order valence-corrected chi connectivity index (χ2v) is 6.51. The highest BCUT2D eigenvalue weighted by molar-refractivity contribution is 9.10. The molecule has 17 heavy (non-hydrogen) atoms. The Morgan fingerprint density at radius 1 is 1.41 bits per heavy atom. The maximum Gasteiger partial charge on any atom is 0.299 e. The van der Waals surface area contributed by atoms with Gasteiger partial charge in [-0.05, 0) is 53.4 Å². The Balaban J connectivity index is 2.23. The van der Waals surface area contributed by atoms with E-state index < -0.39 is 10.2 Å². The molecule has 0 bridgehead atoms. The van der Waals surface area contributed by atoms with Crippen molar-refractivity contribution >= 4 is 37.5 Å². The van der Waals surface area contributed by atoms with Crippen LogP contribution in [0.4, 0.5) is 11.4 Å². The van der Waals surface area contributed by atoms with Crippen LogP contribution in [0.25, 0.3) is 0 Å². The van der Waals surface area contributed by atoms with E-state index in [-0.39, 0.29) is 6.04 Å². The third-order valence-corrected chi connectivity index (χ3v) is 4.14. The van der Waals surface area contributed by atoms with E-state index in [1.54, 1.807) is 6.07 Å². The lowest BCUT2D eigenvalue weighted by atomic mass is 10.2. The average Bonchev–Trinajstić information content (AvgIpc) is 2.94. The van der Waals surface area contributed by atoms with E-state index in [0.29, 0.717) is 15.8 Å². The molecule has 5 nitrogen and oxygen atoms in total. The number of nitrogens with one attached hydrogen (secondary N) is 2. The van der Waals surface area contributed by atoms with Gasteiger partial charge >= 0.3 is 0 Å². The Kier molecular flexibility index (Phi) is 3.33. The number of halogens is 1. The van der Waals surface area contributed by atoms with Crippen molar-refractivity contribution in [2.24, 2.45) is 0 Å². The smallest absolute Gasteiger partial charge is 0.299 e. The molecule has 0 aliphatic heterocycles. The van der Waals surface area contributed by atoms with E-state index in [2.05, 4.69) is 25.4 Å². The lowest BCUT2D eigenvalue weighted by Gasteiger charge is -2.13. The van der Waals surface area contributed by atoms with Crippen LogP contribution in [0.15, 0.2) is 16.6 Å². The molecule has 2 rings (SSSR count). The SMILES string of the molecule is Cc1cc(N)c(NS(=O)(=O)NC2CC2)c(Br)c1. The minimum atomic E-state index is -3.54. The summed E-state index contributed by atoms with van der Waals surface area (Å²) in [4.78, 5) is 0. The number of benzene rings is 1. The van der Waals surface area contributed by atoms with Crippen molar-refractivity contribution < 1.29 is 8.42 Å². The van der Waals surface area contributed by atoms with Crippen LogP contribution in [0.1, 0.15) is 18.4 Å². The zero-order valence-corrected chi connectivity index (χ0v) is 11.7. The number of anilines is 2. The van der Waals surface area contributed by atoms with Crippen LogP contribution in [0.5, 0.6) is 0 Å². The van der Waals surface area contributed by atoms with Crippen molar-refractivity contribution in [2.75, 3.05) is 10.5 Å². The first-order chi connectivity index (χ1) is 7.87. The number of hydrogen-bond donors (Lipinski definition) is 3. The fraction of sp³-hybridized carbons (Fsp3) is 0.400. The summed E-state index contributed by atoms with van der Waals surface area (Å²) in [6.45, 7) is 1.89. The Labute approximate surface area is 109 Å². The fourth-order valence-corrected chi connectivity index (χ4v) is 3.51. The topological polar surface area (TPSA) is 84.2 Å². The number of nitrogen functional groups attached to an aromatic ring is 1. The maximum atomic E-state index is 11.7. The molecule has 0 spiro atoms. The van der Waals surface area contributed by atoms with Gasteiger partial charge in [0.2, 0.25) is 0 Å². The van der Waals surface area contributed by atoms with Crippen molar-refractivity contribution in [1.82, 2.24) is 4.72 Å². The van der Waals surface area contributed by atoms with E-state index in [1.165, 1.54) is 0 Å². The summed E-state index contributed by atoms with van der Waals surface area (Å²) in [5.41, 5.74) is 7.54. The molecular formula is C10H14BrN3O2S. The van der Waals surface area contributed by atoms with Gasteiger partial charge in [0.05, 0.1) is 11.4 Å². The minimum absolute atomic E-state index is 0.0675. The molecule has 1 aliphatic rings. The zero-order valence-electron chi connectivity index (χ0n) is 9.33. The van der Waals surface area contributed by atoms with E-state index in [1.807, 2.05) is 13.0 Å². The molecule has 1 aliphatic carbocycles. The van der Waals surface area contributed by atoms with Crippen LogP contribution in [0.2, 0.25) is 0 Å². The van der Waals surface area contributed by atoms with Gasteiger partial charge in [-0.1, -0.05) is 0 Å². The molecule has 0 heterocycles. The van der Waals surface area contributed by atoms with Gasteiger partial charge in [0, 0.05) is 10.5 Å². The Morgan fingerprint density at radius 2 is 2.06 bits per heavy atom. The van der Waals surface area contributed by atoms with Crippen LogP contribution < -0.4 is 15.2 Å². The first-order valence-corrected chi connectivity index (χ1v) is 7.51. The molecule has 94 valence electrons. The zero-order chi connectivity index (χ0) is 12.6. The lowest BCUT2D eigenvalue weighted by Crippen LogP contribution is -2.32. The normalized spacial score (nSPS) is 15.9. The number of aryl methyl sites for hydroxylation is 1. The molecule has 1 aromatic carbocycles. The summed E-state index contributed by atoms with van der Waals surface area (Å²) in [7, 11) is -3.54. The van der Waals surface area contributed by atoms with Crippen molar-refractivity contribution in [3.05, 3.63) is 22.2 Å². The van der Waals surface area contributed by atoms with Crippen molar-refractivity contribution in [3.8, 4) is 0 Å². The van der Waals surface area contributed by atoms with Gasteiger partial charge in [0.15, 0.2) is 0 Å². The number of rotatable bonds is 4. The van der Waals surface area contributed by atoms with E-state index in [0.717, 1.165) is 18.4 Å². The Hall–Kier alpha value is -0.790. The third kappa shape index (κ3) is 3.34. The fourth-order valence-electron chi connectivity index (χ4n) is 1.46. The molecule has 1 saturated carbocycles. The lowest BCUT2D eigenvalue weighted by molar-refractivity contribution is 0.586. The highest BCUT2D eigenvalue weighted by Gasteiger charge is 2.27. The van der Waals surface area contributed by atoms with Crippen LogP contribution in [0, 0.1) is 6.92 Å². The van der Waals surface area contributed by atoms with E-state index in [4.69, 9.17) is 5.73 Å². The second kappa shape index (κ2) is 4.47. The molecule has 1 aromatic rings. The molecule has 4 N–H and O–H groups in total. The molecular weight excluding hydrogens is 306 g/mol. The van der Waals surface area contributed by atoms with Crippen molar-refractivity contribution in [2.45, 2.75) is 25.8 Å². The summed E-state index contributed by atoms with van der Waals surface area (Å²) in [6, 6.07) is 3.60. The van der Waals surface area contributed by atoms with Gasteiger partial charge in [-0.15, -0.1) is 0 Å². The Morgan fingerprint density at radius 3 is 2.59 bits per heavy atom. The number of hydrogen-bond acceptors (Lipinski definition) is 3. The minimum Gasteiger partial charge on any atom is -0.397 e. The Bertz CT molecular complexity index is 517. The molecule has 0 atom stereocenters. The van der Waals surface area contributed by atoms with Crippen LogP contribution in [-0.2, 0) is 10.2 Å². The molecule has 0 saturated heterocycles. The van der Waals surface area contributed by atoms with E-state index >= 15 is 0 Å². The molecule has 0 unspecified atom stereocenters. The summed E-state index contributed by atoms with van der Waals surface area (Å²) in [5.74, 6) is 0. The summed E-state index contributed by atoms with van der Waals surface area (Å²) < 4.78 is 29.1. The molecule has 0 radical (unpaired) electrons. The molecule has 7 heteroatoms. The predicted octanol–water partition coefficient (Wildman–Crippen LogP) is 1.75. The van der Waals surface area contributed by atoms with Gasteiger partial charge in [-0.3, -0.25) is 4.72 Å². The predicted molar refractivity (Wildman–Crippen MR) is 72.0 cm³/mol. The summed E-state index contributed by atoms with van der Waals surface area (Å²) in [5, 5.41) is 0. The molecule has 1 fully saturated rings. The third-order valence-electron chi connectivity index (χ3n) is 2.40. The van der Waals surface area contributed by atoms with Crippen LogP contribution in [0.3, 0.4) is 0 Å². The first kappa shape index (κ1) is 12.7. The quantitative estimate of drug-likeness (QED) is 0.739. The first-order valence-electron chi connectivity index (χ1n) is 5.23. The number of nitrogens with two attached hydrogens (primary N) is 1. The molecule has 0 amide bonds. The standard InChI is InChI=1S/C10H14BrN3O2S/c1-6-4-8(11)10(9(12)5-6)14-17(15,16)13-7-2-3-7/h4-5,7,13-14H,2-3,12H2,1H3. The average molecular weight is 320 g/mol. The highest BCUT2D eigenvalue weighted by Crippen LogP contribution is 2.31. The van der Waals surface area contributed by atoms with Crippen molar-refractivity contribution in [3.63, 3.8) is 0 Å². The van der Waals surface area contributed by atoms with Crippen LogP contribution in [-0.4, -0.2) is 14.5 Å². The summed E-state index contributed by atoms with van der Waals surface area (Å²) in [6.07, 6.45) is 1.79. The van der Waals surface area contributed by atoms with Gasteiger partial charge in [0.1, 0.15) is 0 Å². The van der Waals surface area contributed by atoms with Crippen molar-refractivity contribution in [1.29, 1.82) is 0 Å².